The predicted molar refractivity (Wildman–Crippen MR) is 133 cm³/mol. The van der Waals surface area contributed by atoms with E-state index in [-0.39, 0.29) is 5.91 Å². The molecule has 0 saturated carbocycles. The number of aromatic nitrogens is 2. The number of thioether (sulfide) groups is 1. The van der Waals surface area contributed by atoms with E-state index in [0.29, 0.717) is 23.8 Å². The van der Waals surface area contributed by atoms with E-state index in [1.54, 1.807) is 29.1 Å². The first-order valence-electron chi connectivity index (χ1n) is 10.6. The zero-order valence-corrected chi connectivity index (χ0v) is 19.8. The number of unbranched alkanes of at least 4 members (excludes halogenated alkanes) is 1. The molecule has 0 aliphatic heterocycles. The van der Waals surface area contributed by atoms with E-state index in [1.165, 1.54) is 16.2 Å². The quantitative estimate of drug-likeness (QED) is 0.211. The number of fused-ring (bicyclic) bond motifs is 1. The van der Waals surface area contributed by atoms with Crippen LogP contribution in [0.5, 0.6) is 5.75 Å². The van der Waals surface area contributed by atoms with E-state index in [9.17, 15) is 4.79 Å². The summed E-state index contributed by atoms with van der Waals surface area (Å²) in [5, 5.41) is 0.676. The molecule has 0 atom stereocenters. The third-order valence-corrected chi connectivity index (χ3v) is 6.76. The first-order chi connectivity index (χ1) is 15.7. The molecular weight excluding hydrogens is 438 g/mol. The third-order valence-electron chi connectivity index (χ3n) is 4.99. The molecule has 2 aromatic heterocycles. The highest BCUT2D eigenvalue weighted by atomic mass is 32.2. The van der Waals surface area contributed by atoms with Gasteiger partial charge in [0.25, 0.3) is 5.91 Å². The number of hydrogen-bond donors (Lipinski definition) is 0. The lowest BCUT2D eigenvalue weighted by Gasteiger charge is -2.20. The standard InChI is InChI=1S/C25H25N3O2S2/c1-3-4-14-30-20-9-7-19(8-10-20)24(29)28(17-18-6-5-13-26-16-18)25-27-22-12-11-21(31-2)15-23(22)32-25/h5-13,15-16H,3-4,14,17H2,1-2H3. The molecular formula is C25H25N3O2S2. The Bertz CT molecular complexity index is 1180. The second kappa shape index (κ2) is 10.6. The van der Waals surface area contributed by atoms with Crippen LogP contribution < -0.4 is 9.64 Å². The van der Waals surface area contributed by atoms with Crippen LogP contribution in [0.2, 0.25) is 0 Å². The maximum atomic E-state index is 13.5. The van der Waals surface area contributed by atoms with Crippen LogP contribution in [-0.4, -0.2) is 28.7 Å². The lowest BCUT2D eigenvalue weighted by molar-refractivity contribution is 0.0985. The molecule has 2 heterocycles. The predicted octanol–water partition coefficient (Wildman–Crippen LogP) is 6.44. The summed E-state index contributed by atoms with van der Waals surface area (Å²) >= 11 is 3.22. The molecule has 0 N–H and O–H groups in total. The van der Waals surface area contributed by atoms with E-state index in [0.717, 1.165) is 34.4 Å². The van der Waals surface area contributed by atoms with Crippen molar-refractivity contribution in [3.63, 3.8) is 0 Å². The van der Waals surface area contributed by atoms with Gasteiger partial charge < -0.3 is 4.74 Å². The minimum atomic E-state index is -0.0990. The number of thiazole rings is 1. The summed E-state index contributed by atoms with van der Waals surface area (Å²) in [7, 11) is 0. The van der Waals surface area contributed by atoms with Crippen LogP contribution in [0.1, 0.15) is 35.7 Å². The molecule has 4 rings (SSSR count). The van der Waals surface area contributed by atoms with Crippen molar-refractivity contribution >= 4 is 44.4 Å². The Balaban J connectivity index is 1.64. The second-order valence-electron chi connectivity index (χ2n) is 7.31. The second-order valence-corrected chi connectivity index (χ2v) is 9.20. The maximum Gasteiger partial charge on any atom is 0.260 e. The van der Waals surface area contributed by atoms with Crippen LogP contribution >= 0.6 is 23.1 Å². The van der Waals surface area contributed by atoms with Crippen molar-refractivity contribution < 1.29 is 9.53 Å². The lowest BCUT2D eigenvalue weighted by atomic mass is 10.2. The molecule has 0 spiro atoms. The summed E-state index contributed by atoms with van der Waals surface area (Å²) in [6.07, 6.45) is 7.66. The minimum Gasteiger partial charge on any atom is -0.494 e. The summed E-state index contributed by atoms with van der Waals surface area (Å²) in [4.78, 5) is 25.4. The zero-order valence-electron chi connectivity index (χ0n) is 18.2. The van der Waals surface area contributed by atoms with E-state index < -0.39 is 0 Å². The van der Waals surface area contributed by atoms with Gasteiger partial charge in [0, 0.05) is 22.9 Å². The SMILES string of the molecule is CCCCOc1ccc(C(=O)N(Cc2cccnc2)c2nc3ccc(SC)cc3s2)cc1. The molecule has 32 heavy (non-hydrogen) atoms. The van der Waals surface area contributed by atoms with Gasteiger partial charge in [0.15, 0.2) is 5.13 Å². The van der Waals surface area contributed by atoms with Crippen molar-refractivity contribution in [3.8, 4) is 5.75 Å². The Labute approximate surface area is 196 Å². The van der Waals surface area contributed by atoms with Crippen molar-refractivity contribution in [2.75, 3.05) is 17.8 Å². The number of benzene rings is 2. The van der Waals surface area contributed by atoms with Crippen molar-refractivity contribution in [1.82, 2.24) is 9.97 Å². The number of hydrogen-bond acceptors (Lipinski definition) is 6. The summed E-state index contributed by atoms with van der Waals surface area (Å²) in [6, 6.07) is 17.4. The Morgan fingerprint density at radius 3 is 2.72 bits per heavy atom. The zero-order chi connectivity index (χ0) is 22.3. The Kier molecular flexibility index (Phi) is 7.39. The van der Waals surface area contributed by atoms with E-state index in [4.69, 9.17) is 9.72 Å². The first kappa shape index (κ1) is 22.3. The maximum absolute atomic E-state index is 13.5. The number of carbonyl (C=O) groups excluding carboxylic acids is 1. The molecule has 4 aromatic rings. The van der Waals surface area contributed by atoms with Crippen LogP contribution in [-0.2, 0) is 6.54 Å². The number of amides is 1. The van der Waals surface area contributed by atoms with Gasteiger partial charge in [-0.15, -0.1) is 11.8 Å². The first-order valence-corrected chi connectivity index (χ1v) is 12.6. The number of anilines is 1. The topological polar surface area (TPSA) is 55.3 Å². The van der Waals surface area contributed by atoms with Gasteiger partial charge in [-0.3, -0.25) is 14.7 Å². The summed E-state index contributed by atoms with van der Waals surface area (Å²) in [5.74, 6) is 0.677. The summed E-state index contributed by atoms with van der Waals surface area (Å²) in [5.41, 5.74) is 2.44. The third kappa shape index (κ3) is 5.29. The molecule has 0 fully saturated rings. The van der Waals surface area contributed by atoms with Crippen molar-refractivity contribution in [2.45, 2.75) is 31.2 Å². The van der Waals surface area contributed by atoms with Crippen LogP contribution in [0, 0.1) is 0 Å². The van der Waals surface area contributed by atoms with Gasteiger partial charge in [-0.1, -0.05) is 30.7 Å². The molecule has 0 unspecified atom stereocenters. The average molecular weight is 464 g/mol. The average Bonchev–Trinajstić information content (AvgIpc) is 3.26. The van der Waals surface area contributed by atoms with Gasteiger partial charge in [-0.05, 0) is 66.8 Å². The van der Waals surface area contributed by atoms with Gasteiger partial charge in [0.2, 0.25) is 0 Å². The Morgan fingerprint density at radius 2 is 2.00 bits per heavy atom. The van der Waals surface area contributed by atoms with E-state index >= 15 is 0 Å². The number of carbonyl (C=O) groups is 1. The molecule has 0 aliphatic rings. The molecule has 2 aromatic carbocycles. The fraction of sp³-hybridized carbons (Fsp3) is 0.240. The number of nitrogens with zero attached hydrogens (tertiary/aromatic N) is 3. The van der Waals surface area contributed by atoms with Crippen molar-refractivity contribution in [2.24, 2.45) is 0 Å². The van der Waals surface area contributed by atoms with E-state index in [1.807, 2.05) is 42.5 Å². The summed E-state index contributed by atoms with van der Waals surface area (Å²) < 4.78 is 6.80. The van der Waals surface area contributed by atoms with Crippen molar-refractivity contribution in [3.05, 3.63) is 78.1 Å². The van der Waals surface area contributed by atoms with Crippen molar-refractivity contribution in [1.29, 1.82) is 0 Å². The van der Waals surface area contributed by atoms with Gasteiger partial charge in [-0.25, -0.2) is 4.98 Å². The minimum absolute atomic E-state index is 0.0990. The molecule has 7 heteroatoms. The highest BCUT2D eigenvalue weighted by molar-refractivity contribution is 7.98. The van der Waals surface area contributed by atoms with Crippen LogP contribution in [0.4, 0.5) is 5.13 Å². The van der Waals surface area contributed by atoms with Crippen LogP contribution in [0.15, 0.2) is 71.9 Å². The van der Waals surface area contributed by atoms with Gasteiger partial charge in [-0.2, -0.15) is 0 Å². The Morgan fingerprint density at radius 1 is 1.16 bits per heavy atom. The molecule has 5 nitrogen and oxygen atoms in total. The number of ether oxygens (including phenoxy) is 1. The monoisotopic (exact) mass is 463 g/mol. The fourth-order valence-corrected chi connectivity index (χ4v) is 4.74. The molecule has 1 amide bonds. The number of pyridine rings is 1. The van der Waals surface area contributed by atoms with Crippen LogP contribution in [0.3, 0.4) is 0 Å². The molecule has 0 bridgehead atoms. The number of rotatable bonds is 9. The largest absolute Gasteiger partial charge is 0.494 e. The molecule has 0 radical (unpaired) electrons. The normalized spacial score (nSPS) is 10.9. The van der Waals surface area contributed by atoms with Gasteiger partial charge in [0.05, 0.1) is 23.4 Å². The highest BCUT2D eigenvalue weighted by Crippen LogP contribution is 2.33. The molecule has 0 saturated heterocycles. The van der Waals surface area contributed by atoms with Gasteiger partial charge in [0.1, 0.15) is 5.75 Å². The van der Waals surface area contributed by atoms with E-state index in [2.05, 4.69) is 30.3 Å². The highest BCUT2D eigenvalue weighted by Gasteiger charge is 2.22. The van der Waals surface area contributed by atoms with Crippen LogP contribution in [0.25, 0.3) is 10.2 Å². The smallest absolute Gasteiger partial charge is 0.260 e. The molecule has 164 valence electrons. The fourth-order valence-electron chi connectivity index (χ4n) is 3.22. The summed E-state index contributed by atoms with van der Waals surface area (Å²) in [6.45, 7) is 3.21. The van der Waals surface area contributed by atoms with Gasteiger partial charge >= 0.3 is 0 Å². The Hall–Kier alpha value is -2.90. The lowest BCUT2D eigenvalue weighted by Crippen LogP contribution is -2.30. The molecule has 0 aliphatic carbocycles.